The molecule has 1 fully saturated rings. The first kappa shape index (κ1) is 12.1. The van der Waals surface area contributed by atoms with Gasteiger partial charge in [0, 0.05) is 16.8 Å². The molecular formula is C12H17NOS2. The molecule has 0 spiro atoms. The van der Waals surface area contributed by atoms with Crippen LogP contribution in [0.4, 0.5) is 0 Å². The van der Waals surface area contributed by atoms with E-state index >= 15 is 0 Å². The van der Waals surface area contributed by atoms with Crippen LogP contribution < -0.4 is 0 Å². The first-order valence-corrected chi connectivity index (χ1v) is 7.79. The molecular weight excluding hydrogens is 238 g/mol. The maximum absolute atomic E-state index is 11.7. The lowest BCUT2D eigenvalue weighted by Gasteiger charge is -2.20. The second-order valence-corrected chi connectivity index (χ2v) is 6.48. The second-order valence-electron chi connectivity index (χ2n) is 4.21. The summed E-state index contributed by atoms with van der Waals surface area (Å²) in [7, 11) is 0. The maximum Gasteiger partial charge on any atom is 0.149 e. The molecule has 0 aliphatic heterocycles. The van der Waals surface area contributed by atoms with Crippen LogP contribution in [0, 0.1) is 0 Å². The van der Waals surface area contributed by atoms with Crippen LogP contribution in [0.2, 0.25) is 0 Å². The summed E-state index contributed by atoms with van der Waals surface area (Å²) < 4.78 is 0. The predicted molar refractivity (Wildman–Crippen MR) is 70.2 cm³/mol. The smallest absolute Gasteiger partial charge is 0.149 e. The molecule has 16 heavy (non-hydrogen) atoms. The highest BCUT2D eigenvalue weighted by molar-refractivity contribution is 8.00. The van der Waals surface area contributed by atoms with Gasteiger partial charge in [-0.1, -0.05) is 19.3 Å². The van der Waals surface area contributed by atoms with Crippen LogP contribution in [0.3, 0.4) is 0 Å². The topological polar surface area (TPSA) is 30.0 Å². The summed E-state index contributed by atoms with van der Waals surface area (Å²) in [6.45, 7) is 0. The van der Waals surface area contributed by atoms with Crippen molar-refractivity contribution in [2.24, 2.45) is 0 Å². The molecule has 1 aliphatic rings. The van der Waals surface area contributed by atoms with Gasteiger partial charge in [-0.2, -0.15) is 11.8 Å². The third-order valence-corrected chi connectivity index (χ3v) is 5.08. The van der Waals surface area contributed by atoms with Gasteiger partial charge < -0.3 is 0 Å². The number of aromatic nitrogens is 1. The van der Waals surface area contributed by atoms with E-state index < -0.39 is 0 Å². The molecule has 1 aromatic rings. The first-order chi connectivity index (χ1) is 7.84. The first-order valence-electron chi connectivity index (χ1n) is 5.86. The molecule has 1 aliphatic carbocycles. The molecule has 1 saturated carbocycles. The summed E-state index contributed by atoms with van der Waals surface area (Å²) in [5.41, 5.74) is 0. The van der Waals surface area contributed by atoms with E-state index in [0.717, 1.165) is 10.3 Å². The molecule has 4 heteroatoms. The molecule has 0 atom stereocenters. The van der Waals surface area contributed by atoms with Crippen LogP contribution in [0.25, 0.3) is 0 Å². The van der Waals surface area contributed by atoms with Gasteiger partial charge in [0.25, 0.3) is 0 Å². The Morgan fingerprint density at radius 3 is 2.94 bits per heavy atom. The summed E-state index contributed by atoms with van der Waals surface area (Å²) in [6.07, 6.45) is 8.96. The summed E-state index contributed by atoms with van der Waals surface area (Å²) in [6, 6.07) is 0. The monoisotopic (exact) mass is 255 g/mol. The van der Waals surface area contributed by atoms with Crippen molar-refractivity contribution in [3.8, 4) is 0 Å². The highest BCUT2D eigenvalue weighted by Gasteiger charge is 2.15. The quantitative estimate of drug-likeness (QED) is 0.808. The molecule has 0 bridgehead atoms. The Balaban J connectivity index is 1.67. The van der Waals surface area contributed by atoms with Crippen LogP contribution in [-0.4, -0.2) is 21.8 Å². The lowest BCUT2D eigenvalue weighted by molar-refractivity contribution is -0.116. The Kier molecular flexibility index (Phi) is 4.85. The van der Waals surface area contributed by atoms with Crippen molar-refractivity contribution >= 4 is 28.9 Å². The van der Waals surface area contributed by atoms with E-state index in [1.54, 1.807) is 17.5 Å². The molecule has 88 valence electrons. The normalized spacial score (nSPS) is 17.5. The number of thiazole rings is 1. The fourth-order valence-electron chi connectivity index (χ4n) is 2.00. The fraction of sp³-hybridized carbons (Fsp3) is 0.667. The summed E-state index contributed by atoms with van der Waals surface area (Å²) in [4.78, 5) is 15.8. The second kappa shape index (κ2) is 6.40. The predicted octanol–water partition coefficient (Wildman–Crippen LogP) is 3.32. The van der Waals surface area contributed by atoms with Crippen molar-refractivity contribution < 1.29 is 4.79 Å². The van der Waals surface area contributed by atoms with Gasteiger partial charge in [0.1, 0.15) is 5.78 Å². The van der Waals surface area contributed by atoms with Gasteiger partial charge in [0.15, 0.2) is 0 Å². The Morgan fingerprint density at radius 1 is 1.44 bits per heavy atom. The average Bonchev–Trinajstić information content (AvgIpc) is 2.81. The van der Waals surface area contributed by atoms with Gasteiger partial charge in [-0.05, 0) is 12.8 Å². The van der Waals surface area contributed by atoms with E-state index in [1.165, 1.54) is 32.1 Å². The Labute approximate surface area is 105 Å². The maximum atomic E-state index is 11.7. The minimum Gasteiger partial charge on any atom is -0.298 e. The van der Waals surface area contributed by atoms with Crippen LogP contribution >= 0.6 is 23.1 Å². The third kappa shape index (κ3) is 3.91. The Hall–Kier alpha value is -0.350. The number of ketones is 1. The fourth-order valence-corrected chi connectivity index (χ4v) is 3.84. The third-order valence-electron chi connectivity index (χ3n) is 2.86. The van der Waals surface area contributed by atoms with Crippen LogP contribution in [0.5, 0.6) is 0 Å². The molecule has 0 unspecified atom stereocenters. The Bertz CT molecular complexity index is 318. The van der Waals surface area contributed by atoms with Gasteiger partial charge >= 0.3 is 0 Å². The van der Waals surface area contributed by atoms with Crippen molar-refractivity contribution in [2.45, 2.75) is 43.8 Å². The van der Waals surface area contributed by atoms with E-state index in [2.05, 4.69) is 4.98 Å². The molecule has 0 N–H and O–H groups in total. The number of hydrogen-bond acceptors (Lipinski definition) is 4. The number of hydrogen-bond donors (Lipinski definition) is 0. The number of Topliss-reactive ketones (excluding diaryl/α,β-unsaturated/α-hetero) is 1. The average molecular weight is 255 g/mol. The van der Waals surface area contributed by atoms with Crippen LogP contribution in [0.15, 0.2) is 11.6 Å². The summed E-state index contributed by atoms with van der Waals surface area (Å²) in [5.74, 6) is 0.995. The minimum absolute atomic E-state index is 0.325. The number of carbonyl (C=O) groups is 1. The molecule has 1 heterocycles. The van der Waals surface area contributed by atoms with Crippen molar-refractivity contribution in [3.63, 3.8) is 0 Å². The number of rotatable bonds is 5. The van der Waals surface area contributed by atoms with E-state index in [1.807, 2.05) is 17.1 Å². The zero-order chi connectivity index (χ0) is 11.2. The zero-order valence-corrected chi connectivity index (χ0v) is 11.0. The molecule has 0 saturated heterocycles. The van der Waals surface area contributed by atoms with Crippen molar-refractivity contribution in [1.29, 1.82) is 0 Å². The lowest BCUT2D eigenvalue weighted by atomic mass is 10.0. The van der Waals surface area contributed by atoms with Gasteiger partial charge in [-0.25, -0.2) is 4.98 Å². The highest BCUT2D eigenvalue weighted by Crippen LogP contribution is 2.28. The van der Waals surface area contributed by atoms with E-state index in [-0.39, 0.29) is 0 Å². The summed E-state index contributed by atoms with van der Waals surface area (Å²) >= 11 is 3.43. The zero-order valence-electron chi connectivity index (χ0n) is 9.35. The SMILES string of the molecule is O=C(CSC1CCCCC1)Cc1nccs1. The van der Waals surface area contributed by atoms with Crippen molar-refractivity contribution in [3.05, 3.63) is 16.6 Å². The van der Waals surface area contributed by atoms with E-state index in [0.29, 0.717) is 18.0 Å². The van der Waals surface area contributed by atoms with Crippen LogP contribution in [-0.2, 0) is 11.2 Å². The molecule has 0 amide bonds. The Morgan fingerprint density at radius 2 is 2.25 bits per heavy atom. The number of nitrogens with zero attached hydrogens (tertiary/aromatic N) is 1. The van der Waals surface area contributed by atoms with Crippen molar-refractivity contribution in [2.75, 3.05) is 5.75 Å². The minimum atomic E-state index is 0.325. The number of thioether (sulfide) groups is 1. The van der Waals surface area contributed by atoms with Gasteiger partial charge in [0.05, 0.1) is 17.2 Å². The standard InChI is InChI=1S/C12H17NOS2/c14-10(8-12-13-6-7-15-12)9-16-11-4-2-1-3-5-11/h6-7,11H,1-5,8-9H2. The van der Waals surface area contributed by atoms with E-state index in [4.69, 9.17) is 0 Å². The molecule has 0 aromatic carbocycles. The molecule has 2 nitrogen and oxygen atoms in total. The molecule has 0 radical (unpaired) electrons. The molecule has 2 rings (SSSR count). The van der Waals surface area contributed by atoms with Gasteiger partial charge in [0.2, 0.25) is 0 Å². The largest absolute Gasteiger partial charge is 0.298 e. The number of carbonyl (C=O) groups excluding carboxylic acids is 1. The van der Waals surface area contributed by atoms with Gasteiger partial charge in [-0.15, -0.1) is 11.3 Å². The van der Waals surface area contributed by atoms with Crippen molar-refractivity contribution in [1.82, 2.24) is 4.98 Å². The highest BCUT2D eigenvalue weighted by atomic mass is 32.2. The summed E-state index contributed by atoms with van der Waals surface area (Å²) in [5, 5.41) is 3.61. The van der Waals surface area contributed by atoms with E-state index in [9.17, 15) is 4.79 Å². The lowest BCUT2D eigenvalue weighted by Crippen LogP contribution is -2.13. The van der Waals surface area contributed by atoms with Crippen LogP contribution in [0.1, 0.15) is 37.1 Å². The molecule has 1 aromatic heterocycles. The van der Waals surface area contributed by atoms with Gasteiger partial charge in [-0.3, -0.25) is 4.79 Å².